The lowest BCUT2D eigenvalue weighted by Crippen LogP contribution is -2.15. The van der Waals surface area contributed by atoms with Crippen molar-refractivity contribution in [1.82, 2.24) is 0 Å². The summed E-state index contributed by atoms with van der Waals surface area (Å²) < 4.78 is 54.9. The summed E-state index contributed by atoms with van der Waals surface area (Å²) in [6.45, 7) is 4.05. The summed E-state index contributed by atoms with van der Waals surface area (Å²) >= 11 is 0. The SMILES string of the molecule is CC(C)c1ccc(NS(=O)(=O)c2ccc(NC(=O)c3ccc(F)cc3)c(F)c2)cc1. The maximum atomic E-state index is 14.4. The zero-order valence-corrected chi connectivity index (χ0v) is 17.1. The molecule has 0 atom stereocenters. The average molecular weight is 430 g/mol. The molecule has 0 aliphatic carbocycles. The minimum Gasteiger partial charge on any atom is -0.319 e. The fraction of sp³-hybridized carbons (Fsp3) is 0.136. The van der Waals surface area contributed by atoms with Crippen molar-refractivity contribution in [2.75, 3.05) is 10.0 Å². The molecule has 8 heteroatoms. The van der Waals surface area contributed by atoms with Crippen molar-refractivity contribution in [3.05, 3.63) is 89.5 Å². The van der Waals surface area contributed by atoms with E-state index in [0.717, 1.165) is 29.8 Å². The first-order valence-electron chi connectivity index (χ1n) is 9.15. The Morgan fingerprint density at radius 3 is 2.10 bits per heavy atom. The van der Waals surface area contributed by atoms with Crippen LogP contribution in [0.15, 0.2) is 71.6 Å². The van der Waals surface area contributed by atoms with Crippen LogP contribution in [0.4, 0.5) is 20.2 Å². The number of benzene rings is 3. The maximum absolute atomic E-state index is 14.4. The van der Waals surface area contributed by atoms with Gasteiger partial charge in [0.25, 0.3) is 15.9 Å². The van der Waals surface area contributed by atoms with Crippen LogP contribution in [-0.4, -0.2) is 14.3 Å². The van der Waals surface area contributed by atoms with Crippen LogP contribution in [0, 0.1) is 11.6 Å². The van der Waals surface area contributed by atoms with Crippen molar-refractivity contribution in [1.29, 1.82) is 0 Å². The molecule has 0 saturated heterocycles. The van der Waals surface area contributed by atoms with Gasteiger partial charge in [0.2, 0.25) is 0 Å². The molecule has 3 aromatic rings. The summed E-state index contributed by atoms with van der Waals surface area (Å²) in [7, 11) is -4.02. The smallest absolute Gasteiger partial charge is 0.261 e. The van der Waals surface area contributed by atoms with E-state index in [1.54, 1.807) is 12.1 Å². The lowest BCUT2D eigenvalue weighted by atomic mass is 10.0. The van der Waals surface area contributed by atoms with Crippen LogP contribution in [0.1, 0.15) is 35.7 Å². The van der Waals surface area contributed by atoms with E-state index >= 15 is 0 Å². The Hall–Kier alpha value is -3.26. The molecule has 3 aromatic carbocycles. The Balaban J connectivity index is 1.76. The topological polar surface area (TPSA) is 75.3 Å². The second-order valence-electron chi connectivity index (χ2n) is 6.98. The van der Waals surface area contributed by atoms with Crippen molar-refractivity contribution in [2.45, 2.75) is 24.7 Å². The van der Waals surface area contributed by atoms with Gasteiger partial charge in [0.15, 0.2) is 0 Å². The van der Waals surface area contributed by atoms with Gasteiger partial charge in [-0.2, -0.15) is 0 Å². The zero-order chi connectivity index (χ0) is 21.9. The highest BCUT2D eigenvalue weighted by molar-refractivity contribution is 7.92. The van der Waals surface area contributed by atoms with Gasteiger partial charge < -0.3 is 5.32 Å². The lowest BCUT2D eigenvalue weighted by Gasteiger charge is -2.12. The van der Waals surface area contributed by atoms with Crippen LogP contribution in [-0.2, 0) is 10.0 Å². The number of carbonyl (C=O) groups is 1. The monoisotopic (exact) mass is 430 g/mol. The van der Waals surface area contributed by atoms with Gasteiger partial charge in [-0.1, -0.05) is 26.0 Å². The van der Waals surface area contributed by atoms with E-state index in [1.165, 1.54) is 18.2 Å². The molecule has 3 rings (SSSR count). The number of sulfonamides is 1. The van der Waals surface area contributed by atoms with Crippen LogP contribution in [0.3, 0.4) is 0 Å². The van der Waals surface area contributed by atoms with Crippen LogP contribution < -0.4 is 10.0 Å². The van der Waals surface area contributed by atoms with E-state index in [1.807, 2.05) is 26.0 Å². The number of carbonyl (C=O) groups excluding carboxylic acids is 1. The average Bonchev–Trinajstić information content (AvgIpc) is 2.70. The van der Waals surface area contributed by atoms with Crippen molar-refractivity contribution >= 4 is 27.3 Å². The Morgan fingerprint density at radius 1 is 0.900 bits per heavy atom. The van der Waals surface area contributed by atoms with Gasteiger partial charge in [0, 0.05) is 11.3 Å². The number of nitrogens with one attached hydrogen (secondary N) is 2. The molecule has 0 fully saturated rings. The van der Waals surface area contributed by atoms with E-state index in [9.17, 15) is 22.0 Å². The number of hydrogen-bond donors (Lipinski definition) is 2. The van der Waals surface area contributed by atoms with E-state index in [4.69, 9.17) is 0 Å². The van der Waals surface area contributed by atoms with Gasteiger partial charge in [-0.3, -0.25) is 9.52 Å². The fourth-order valence-corrected chi connectivity index (χ4v) is 3.78. The summed E-state index contributed by atoms with van der Waals surface area (Å²) in [5, 5.41) is 2.34. The molecule has 0 bridgehead atoms. The molecule has 0 radical (unpaired) electrons. The number of halogens is 2. The molecule has 0 aliphatic heterocycles. The van der Waals surface area contributed by atoms with E-state index in [0.29, 0.717) is 11.6 Å². The van der Waals surface area contributed by atoms with Crippen molar-refractivity contribution in [3.63, 3.8) is 0 Å². The third-order valence-electron chi connectivity index (χ3n) is 4.44. The number of rotatable bonds is 6. The third-order valence-corrected chi connectivity index (χ3v) is 5.81. The van der Waals surface area contributed by atoms with Crippen LogP contribution in [0.5, 0.6) is 0 Å². The maximum Gasteiger partial charge on any atom is 0.261 e. The summed E-state index contributed by atoms with van der Waals surface area (Å²) in [6, 6.07) is 14.8. The zero-order valence-electron chi connectivity index (χ0n) is 16.3. The van der Waals surface area contributed by atoms with Crippen LogP contribution in [0.2, 0.25) is 0 Å². The molecule has 0 heterocycles. The minimum atomic E-state index is -4.02. The molecule has 5 nitrogen and oxygen atoms in total. The second-order valence-corrected chi connectivity index (χ2v) is 8.67. The number of amides is 1. The van der Waals surface area contributed by atoms with Crippen LogP contribution in [0.25, 0.3) is 0 Å². The Morgan fingerprint density at radius 2 is 1.53 bits per heavy atom. The molecule has 0 saturated carbocycles. The largest absolute Gasteiger partial charge is 0.319 e. The second kappa shape index (κ2) is 8.62. The first-order valence-corrected chi connectivity index (χ1v) is 10.6. The Bertz CT molecular complexity index is 1160. The quantitative estimate of drug-likeness (QED) is 0.569. The normalized spacial score (nSPS) is 11.4. The Labute approximate surface area is 173 Å². The van der Waals surface area contributed by atoms with Crippen LogP contribution >= 0.6 is 0 Å². The summed E-state index contributed by atoms with van der Waals surface area (Å²) in [5.74, 6) is -1.75. The Kier molecular flexibility index (Phi) is 6.17. The molecule has 1 amide bonds. The summed E-state index contributed by atoms with van der Waals surface area (Å²) in [5.41, 5.74) is 1.36. The highest BCUT2D eigenvalue weighted by Crippen LogP contribution is 2.23. The standard InChI is InChI=1S/C22H20F2N2O3S/c1-14(2)15-5-9-18(10-6-15)26-30(28,29)19-11-12-21(20(24)13-19)25-22(27)16-3-7-17(23)8-4-16/h3-14,26H,1-2H3,(H,25,27). The molecule has 0 aromatic heterocycles. The van der Waals surface area contributed by atoms with E-state index in [2.05, 4.69) is 10.0 Å². The van der Waals surface area contributed by atoms with Crippen molar-refractivity contribution < 1.29 is 22.0 Å². The van der Waals surface area contributed by atoms with Gasteiger partial charge in [0.1, 0.15) is 11.6 Å². The molecule has 0 unspecified atom stereocenters. The number of anilines is 2. The van der Waals surface area contributed by atoms with Gasteiger partial charge in [-0.15, -0.1) is 0 Å². The van der Waals surface area contributed by atoms with E-state index in [-0.39, 0.29) is 16.1 Å². The van der Waals surface area contributed by atoms with Gasteiger partial charge in [0.05, 0.1) is 10.6 Å². The van der Waals surface area contributed by atoms with Gasteiger partial charge in [-0.05, 0) is 66.1 Å². The first kappa shape index (κ1) is 21.4. The molecule has 156 valence electrons. The molecule has 30 heavy (non-hydrogen) atoms. The third kappa shape index (κ3) is 5.01. The number of hydrogen-bond acceptors (Lipinski definition) is 3. The lowest BCUT2D eigenvalue weighted by molar-refractivity contribution is 0.102. The predicted molar refractivity (Wildman–Crippen MR) is 112 cm³/mol. The van der Waals surface area contributed by atoms with Crippen molar-refractivity contribution in [2.24, 2.45) is 0 Å². The molecule has 0 spiro atoms. The molecular weight excluding hydrogens is 410 g/mol. The van der Waals surface area contributed by atoms with Gasteiger partial charge >= 0.3 is 0 Å². The highest BCUT2D eigenvalue weighted by Gasteiger charge is 2.18. The first-order chi connectivity index (χ1) is 14.2. The highest BCUT2D eigenvalue weighted by atomic mass is 32.2. The predicted octanol–water partition coefficient (Wildman–Crippen LogP) is 5.14. The fourth-order valence-electron chi connectivity index (χ4n) is 2.71. The molecular formula is C22H20F2N2O3S. The minimum absolute atomic E-state index is 0.138. The van der Waals surface area contributed by atoms with Gasteiger partial charge in [-0.25, -0.2) is 17.2 Å². The summed E-state index contributed by atoms with van der Waals surface area (Å²) in [4.78, 5) is 11.9. The summed E-state index contributed by atoms with van der Waals surface area (Å²) in [6.07, 6.45) is 0. The molecule has 0 aliphatic rings. The van der Waals surface area contributed by atoms with Crippen molar-refractivity contribution in [3.8, 4) is 0 Å². The molecule has 2 N–H and O–H groups in total. The van der Waals surface area contributed by atoms with E-state index < -0.39 is 27.6 Å².